The second-order valence-electron chi connectivity index (χ2n) is 8.45. The van der Waals surface area contributed by atoms with E-state index in [2.05, 4.69) is 34.3 Å². The van der Waals surface area contributed by atoms with Crippen LogP contribution in [0, 0.1) is 5.92 Å². The van der Waals surface area contributed by atoms with E-state index in [0.29, 0.717) is 23.6 Å². The van der Waals surface area contributed by atoms with E-state index in [9.17, 15) is 0 Å². The van der Waals surface area contributed by atoms with Gasteiger partial charge in [0.05, 0.1) is 11.2 Å². The first-order valence-corrected chi connectivity index (χ1v) is 10.8. The van der Waals surface area contributed by atoms with E-state index in [0.717, 1.165) is 53.8 Å². The summed E-state index contributed by atoms with van der Waals surface area (Å²) in [4.78, 5) is 6.90. The van der Waals surface area contributed by atoms with Crippen molar-refractivity contribution in [1.82, 2.24) is 20.4 Å². The minimum absolute atomic E-state index is 0.427. The number of rotatable bonds is 6. The van der Waals surface area contributed by atoms with E-state index in [1.54, 1.807) is 6.20 Å². The summed E-state index contributed by atoms with van der Waals surface area (Å²) < 4.78 is 0. The summed E-state index contributed by atoms with van der Waals surface area (Å²) in [7, 11) is 0. The molecule has 0 bridgehead atoms. The maximum absolute atomic E-state index is 6.42. The van der Waals surface area contributed by atoms with Crippen LogP contribution >= 0.6 is 0 Å². The fourth-order valence-electron chi connectivity index (χ4n) is 4.15. The Morgan fingerprint density at radius 2 is 2.06 bits per heavy atom. The highest BCUT2D eigenvalue weighted by molar-refractivity contribution is 6.03. The number of piperazine rings is 1. The second-order valence-corrected chi connectivity index (χ2v) is 8.45. The van der Waals surface area contributed by atoms with Crippen molar-refractivity contribution < 1.29 is 0 Å². The summed E-state index contributed by atoms with van der Waals surface area (Å²) in [6, 6.07) is 16.5. The number of nitrogens with one attached hydrogen (secondary N) is 2. The minimum Gasteiger partial charge on any atom is -0.402 e. The number of nitrogens with zero attached hydrogens (tertiary/aromatic N) is 3. The summed E-state index contributed by atoms with van der Waals surface area (Å²) in [5.41, 5.74) is 16.1. The highest BCUT2D eigenvalue weighted by atomic mass is 15.3. The molecule has 0 unspecified atom stereocenters. The number of aliphatic imine (C=N–C) groups is 1. The molecule has 0 saturated carbocycles. The molecule has 6 N–H and O–H groups in total. The topological polar surface area (TPSA) is 108 Å². The van der Waals surface area contributed by atoms with Crippen molar-refractivity contribution in [2.24, 2.45) is 22.4 Å². The van der Waals surface area contributed by atoms with Gasteiger partial charge in [-0.15, -0.1) is 0 Å². The fourth-order valence-corrected chi connectivity index (χ4v) is 4.15. The van der Waals surface area contributed by atoms with E-state index in [-0.39, 0.29) is 0 Å². The number of hydrogen-bond donors (Lipinski definition) is 4. The molecule has 0 aliphatic carbocycles. The molecule has 1 aliphatic rings. The Hall–Kier alpha value is -3.32. The highest BCUT2D eigenvalue weighted by Crippen LogP contribution is 2.27. The number of amidine groups is 1. The maximum Gasteiger partial charge on any atom is 0.146 e. The minimum atomic E-state index is 0.427. The Labute approximate surface area is 183 Å². The Morgan fingerprint density at radius 3 is 2.81 bits per heavy atom. The molecule has 0 amide bonds. The number of fused-ring (bicyclic) bond motifs is 1. The van der Waals surface area contributed by atoms with Gasteiger partial charge in [-0.1, -0.05) is 44.2 Å². The number of aromatic amines is 1. The maximum atomic E-state index is 6.42. The zero-order valence-electron chi connectivity index (χ0n) is 18.2. The quantitative estimate of drug-likeness (QED) is 0.364. The fraction of sp³-hybridized carbons (Fsp3) is 0.333. The molecule has 1 aromatic heterocycles. The van der Waals surface area contributed by atoms with E-state index < -0.39 is 0 Å². The Bertz CT molecular complexity index is 1080. The van der Waals surface area contributed by atoms with E-state index >= 15 is 0 Å². The number of H-pyrrole nitrogens is 1. The monoisotopic (exact) mass is 417 g/mol. The molecule has 3 aromatic rings. The highest BCUT2D eigenvalue weighted by Gasteiger charge is 2.22. The molecule has 0 spiro atoms. The molecule has 7 nitrogen and oxygen atoms in total. The van der Waals surface area contributed by atoms with Crippen molar-refractivity contribution >= 4 is 16.7 Å². The largest absolute Gasteiger partial charge is 0.402 e. The zero-order valence-corrected chi connectivity index (χ0v) is 18.2. The number of aromatic nitrogens is 2. The summed E-state index contributed by atoms with van der Waals surface area (Å²) in [6.45, 7) is 7.12. The molecule has 4 rings (SSSR count). The van der Waals surface area contributed by atoms with E-state index in [1.165, 1.54) is 0 Å². The second kappa shape index (κ2) is 9.22. The van der Waals surface area contributed by atoms with Crippen LogP contribution in [0.4, 0.5) is 0 Å². The van der Waals surface area contributed by atoms with Crippen LogP contribution in [0.3, 0.4) is 0 Å². The normalized spacial score (nSPS) is 18.2. The SMILES string of the molecule is CC(C)C[C@H]1CN(C(=C/N)/N=C(\N)c2ccc3[nH]nc(-c4ccccc4)c3c2)CCN1. The molecule has 2 heterocycles. The predicted octanol–water partition coefficient (Wildman–Crippen LogP) is 3.01. The third kappa shape index (κ3) is 4.72. The zero-order chi connectivity index (χ0) is 21.8. The number of nitrogens with two attached hydrogens (primary N) is 2. The first-order valence-electron chi connectivity index (χ1n) is 10.8. The molecule has 0 radical (unpaired) electrons. The average molecular weight is 418 g/mol. The molecule has 1 atom stereocenters. The van der Waals surface area contributed by atoms with E-state index in [4.69, 9.17) is 16.5 Å². The van der Waals surface area contributed by atoms with Crippen LogP contribution in [0.5, 0.6) is 0 Å². The summed E-state index contributed by atoms with van der Waals surface area (Å²) in [5, 5.41) is 12.2. The predicted molar refractivity (Wildman–Crippen MR) is 127 cm³/mol. The molecule has 2 aromatic carbocycles. The molecule has 162 valence electrons. The van der Waals surface area contributed by atoms with Crippen LogP contribution in [0.2, 0.25) is 0 Å². The van der Waals surface area contributed by atoms with Crippen molar-refractivity contribution in [3.63, 3.8) is 0 Å². The number of benzene rings is 2. The van der Waals surface area contributed by atoms with Crippen molar-refractivity contribution in [1.29, 1.82) is 0 Å². The van der Waals surface area contributed by atoms with Gasteiger partial charge in [0.25, 0.3) is 0 Å². The van der Waals surface area contributed by atoms with Gasteiger partial charge in [0, 0.05) is 48.4 Å². The molecule has 31 heavy (non-hydrogen) atoms. The van der Waals surface area contributed by atoms with Crippen LogP contribution in [0.1, 0.15) is 25.8 Å². The van der Waals surface area contributed by atoms with Crippen LogP contribution in [-0.4, -0.2) is 46.6 Å². The summed E-state index contributed by atoms with van der Waals surface area (Å²) in [5.74, 6) is 1.79. The van der Waals surface area contributed by atoms with Gasteiger partial charge in [0.2, 0.25) is 0 Å². The Kier molecular flexibility index (Phi) is 6.23. The summed E-state index contributed by atoms with van der Waals surface area (Å²) in [6.07, 6.45) is 2.67. The first kappa shape index (κ1) is 20.9. The van der Waals surface area contributed by atoms with Crippen molar-refractivity contribution in [3.8, 4) is 11.3 Å². The Balaban J connectivity index is 1.60. The van der Waals surface area contributed by atoms with Gasteiger partial charge in [-0.3, -0.25) is 5.10 Å². The lowest BCUT2D eigenvalue weighted by Crippen LogP contribution is -2.50. The van der Waals surface area contributed by atoms with Gasteiger partial charge in [-0.05, 0) is 30.5 Å². The number of hydrogen-bond acceptors (Lipinski definition) is 5. The van der Waals surface area contributed by atoms with Gasteiger partial charge < -0.3 is 21.7 Å². The molecule has 1 fully saturated rings. The molecular weight excluding hydrogens is 386 g/mol. The molecular formula is C24H31N7. The lowest BCUT2D eigenvalue weighted by molar-refractivity contribution is 0.225. The summed E-state index contributed by atoms with van der Waals surface area (Å²) >= 11 is 0. The van der Waals surface area contributed by atoms with Crippen molar-refractivity contribution in [2.75, 3.05) is 19.6 Å². The van der Waals surface area contributed by atoms with Crippen LogP contribution in [0.25, 0.3) is 22.2 Å². The first-order chi connectivity index (χ1) is 15.0. The standard InChI is InChI=1S/C24H31N7/c1-16(2)12-19-15-31(11-10-27-19)22(14-25)28-24(26)18-8-9-21-20(13-18)23(30-29-21)17-6-4-3-5-7-17/h3-9,13-14,16,19,27H,10-12,15,25H2,1-2H3,(H2,26,28)(H,29,30)/b22-14+/t19-/m0/s1. The van der Waals surface area contributed by atoms with Crippen LogP contribution in [0.15, 0.2) is 65.5 Å². The van der Waals surface area contributed by atoms with Gasteiger partial charge in [-0.2, -0.15) is 5.10 Å². The lowest BCUT2D eigenvalue weighted by Gasteiger charge is -2.35. The Morgan fingerprint density at radius 1 is 1.26 bits per heavy atom. The van der Waals surface area contributed by atoms with Gasteiger partial charge in [0.15, 0.2) is 0 Å². The third-order valence-corrected chi connectivity index (χ3v) is 5.63. The van der Waals surface area contributed by atoms with Crippen molar-refractivity contribution in [2.45, 2.75) is 26.3 Å². The lowest BCUT2D eigenvalue weighted by atomic mass is 10.0. The smallest absolute Gasteiger partial charge is 0.146 e. The third-order valence-electron chi connectivity index (χ3n) is 5.63. The van der Waals surface area contributed by atoms with Gasteiger partial charge in [0.1, 0.15) is 11.7 Å². The molecule has 7 heteroatoms. The van der Waals surface area contributed by atoms with Crippen LogP contribution in [-0.2, 0) is 0 Å². The average Bonchev–Trinajstić information content (AvgIpc) is 3.21. The van der Waals surface area contributed by atoms with Gasteiger partial charge >= 0.3 is 0 Å². The molecule has 1 aliphatic heterocycles. The van der Waals surface area contributed by atoms with Gasteiger partial charge in [-0.25, -0.2) is 4.99 Å². The molecule has 1 saturated heterocycles. The van der Waals surface area contributed by atoms with E-state index in [1.807, 2.05) is 48.5 Å². The van der Waals surface area contributed by atoms with Crippen molar-refractivity contribution in [3.05, 3.63) is 66.1 Å². The van der Waals surface area contributed by atoms with Crippen LogP contribution < -0.4 is 16.8 Å².